The average molecular weight is 541 g/mol. The van der Waals surface area contributed by atoms with E-state index in [9.17, 15) is 4.79 Å². The van der Waals surface area contributed by atoms with E-state index in [1.165, 1.54) is 180 Å². The Balaban J connectivity index is 3.05. The van der Waals surface area contributed by atoms with Gasteiger partial charge in [0.15, 0.2) is 0 Å². The lowest BCUT2D eigenvalue weighted by Gasteiger charge is -2.05. The minimum absolute atomic E-state index is 0.473. The third-order valence-electron chi connectivity index (χ3n) is 8.12. The predicted molar refractivity (Wildman–Crippen MR) is 169 cm³/mol. The molecule has 37 heavy (non-hydrogen) atoms. The Morgan fingerprint density at radius 3 is 0.811 bits per heavy atom. The van der Waals surface area contributed by atoms with Crippen LogP contribution in [0.1, 0.15) is 206 Å². The van der Waals surface area contributed by atoms with Crippen LogP contribution in [0.2, 0.25) is 0 Å². The Hall–Kier alpha value is -0.180. The van der Waals surface area contributed by atoms with Crippen molar-refractivity contribution in [2.24, 2.45) is 0 Å². The maximum Gasteiger partial charge on any atom is 0.316 e. The van der Waals surface area contributed by atoms with Gasteiger partial charge in [0.2, 0.25) is 0 Å². The first-order valence-electron chi connectivity index (χ1n) is 17.1. The molecule has 0 heterocycles. The van der Waals surface area contributed by atoms with E-state index in [-0.39, 0.29) is 0 Å². The van der Waals surface area contributed by atoms with Crippen LogP contribution in [0.15, 0.2) is 0 Å². The van der Waals surface area contributed by atoms with Crippen molar-refractivity contribution in [2.75, 3.05) is 0 Å². The smallest absolute Gasteiger partial charge is 0.316 e. The number of thiol groups is 1. The Kier molecular flexibility index (Phi) is 31.9. The van der Waals surface area contributed by atoms with Crippen LogP contribution in [0.4, 0.5) is 0 Å². The van der Waals surface area contributed by atoms with Gasteiger partial charge in [0.05, 0.1) is 5.25 Å². The van der Waals surface area contributed by atoms with Crippen molar-refractivity contribution < 1.29 is 9.90 Å². The maximum absolute atomic E-state index is 10.7. The standard InChI is InChI=1S/C34H68O2S/c1-2-3-4-5-6-7-8-9-10-11-12-13-14-15-16-17-18-19-20-21-22-23-24-25-26-27-28-29-30-31-32-33(37)34(35)36/h33,37H,2-32H2,1H3,(H,35,36). The molecule has 0 spiro atoms. The molecular weight excluding hydrogens is 472 g/mol. The van der Waals surface area contributed by atoms with Crippen LogP contribution >= 0.6 is 12.6 Å². The van der Waals surface area contributed by atoms with Gasteiger partial charge in [0, 0.05) is 0 Å². The predicted octanol–water partition coefficient (Wildman–Crippen LogP) is 12.5. The summed E-state index contributed by atoms with van der Waals surface area (Å²) in [6, 6.07) is 0. The van der Waals surface area contributed by atoms with Gasteiger partial charge in [0.1, 0.15) is 0 Å². The Morgan fingerprint density at radius 1 is 0.432 bits per heavy atom. The average Bonchev–Trinajstić information content (AvgIpc) is 2.89. The third kappa shape index (κ3) is 31.9. The molecule has 3 heteroatoms. The van der Waals surface area contributed by atoms with E-state index in [1.807, 2.05) is 0 Å². The number of aliphatic carboxylic acids is 1. The van der Waals surface area contributed by atoms with Gasteiger partial charge in [-0.05, 0) is 6.42 Å². The number of hydrogen-bond acceptors (Lipinski definition) is 2. The van der Waals surface area contributed by atoms with E-state index in [4.69, 9.17) is 5.11 Å². The van der Waals surface area contributed by atoms with Gasteiger partial charge in [-0.1, -0.05) is 200 Å². The van der Waals surface area contributed by atoms with Gasteiger partial charge in [-0.3, -0.25) is 4.79 Å². The van der Waals surface area contributed by atoms with E-state index >= 15 is 0 Å². The highest BCUT2D eigenvalue weighted by Crippen LogP contribution is 2.17. The first-order valence-corrected chi connectivity index (χ1v) is 17.6. The molecule has 1 atom stereocenters. The molecule has 2 nitrogen and oxygen atoms in total. The second kappa shape index (κ2) is 32.0. The second-order valence-electron chi connectivity index (χ2n) is 11.9. The van der Waals surface area contributed by atoms with Crippen molar-refractivity contribution in [1.82, 2.24) is 0 Å². The van der Waals surface area contributed by atoms with Gasteiger partial charge in [0.25, 0.3) is 0 Å². The quantitative estimate of drug-likeness (QED) is 0.0657. The van der Waals surface area contributed by atoms with E-state index in [0.717, 1.165) is 12.8 Å². The summed E-state index contributed by atoms with van der Waals surface area (Å²) in [5, 5.41) is 8.34. The lowest BCUT2D eigenvalue weighted by molar-refractivity contribution is -0.136. The van der Waals surface area contributed by atoms with Crippen LogP contribution in [0.25, 0.3) is 0 Å². The molecule has 1 unspecified atom stereocenters. The molecule has 1 N–H and O–H groups in total. The summed E-state index contributed by atoms with van der Waals surface area (Å²) < 4.78 is 0. The van der Waals surface area contributed by atoms with Gasteiger partial charge < -0.3 is 5.11 Å². The van der Waals surface area contributed by atoms with E-state index < -0.39 is 11.2 Å². The van der Waals surface area contributed by atoms with Crippen molar-refractivity contribution in [3.05, 3.63) is 0 Å². The Bertz CT molecular complexity index is 440. The minimum Gasteiger partial charge on any atom is -0.480 e. The zero-order valence-electron chi connectivity index (χ0n) is 25.3. The van der Waals surface area contributed by atoms with Crippen LogP contribution in [0, 0.1) is 0 Å². The summed E-state index contributed by atoms with van der Waals surface area (Å²) in [5.41, 5.74) is 0. The molecular formula is C34H68O2S. The normalized spacial score (nSPS) is 12.3. The molecule has 0 rings (SSSR count). The van der Waals surface area contributed by atoms with Crippen molar-refractivity contribution in [3.63, 3.8) is 0 Å². The topological polar surface area (TPSA) is 37.3 Å². The molecule has 0 aliphatic carbocycles. The fourth-order valence-corrected chi connectivity index (χ4v) is 5.67. The van der Waals surface area contributed by atoms with Crippen LogP contribution in [0.3, 0.4) is 0 Å². The molecule has 0 aliphatic rings. The molecule has 0 amide bonds. The fraction of sp³-hybridized carbons (Fsp3) is 0.971. The number of carboxylic acids is 1. The van der Waals surface area contributed by atoms with Crippen molar-refractivity contribution >= 4 is 18.6 Å². The van der Waals surface area contributed by atoms with Crippen LogP contribution in [0.5, 0.6) is 0 Å². The first-order chi connectivity index (χ1) is 18.2. The molecule has 0 aliphatic heterocycles. The first kappa shape index (κ1) is 36.8. The summed E-state index contributed by atoms with van der Waals surface area (Å²) >= 11 is 4.09. The number of carboxylic acid groups (broad SMARTS) is 1. The molecule has 0 bridgehead atoms. The lowest BCUT2D eigenvalue weighted by Crippen LogP contribution is -2.12. The molecule has 0 aromatic carbocycles. The largest absolute Gasteiger partial charge is 0.480 e. The monoisotopic (exact) mass is 540 g/mol. The minimum atomic E-state index is -0.779. The van der Waals surface area contributed by atoms with Gasteiger partial charge in [-0.25, -0.2) is 0 Å². The summed E-state index contributed by atoms with van der Waals surface area (Å²) in [6.45, 7) is 2.30. The third-order valence-corrected chi connectivity index (χ3v) is 8.60. The van der Waals surface area contributed by atoms with Gasteiger partial charge >= 0.3 is 5.97 Å². The molecule has 0 aromatic heterocycles. The molecule has 0 radical (unpaired) electrons. The molecule has 222 valence electrons. The number of carbonyl (C=O) groups is 1. The molecule has 0 aromatic rings. The van der Waals surface area contributed by atoms with Crippen molar-refractivity contribution in [3.8, 4) is 0 Å². The summed E-state index contributed by atoms with van der Waals surface area (Å²) in [4.78, 5) is 10.7. The summed E-state index contributed by atoms with van der Waals surface area (Å²) in [5.74, 6) is -0.779. The van der Waals surface area contributed by atoms with Gasteiger partial charge in [-0.15, -0.1) is 0 Å². The Morgan fingerprint density at radius 2 is 0.622 bits per heavy atom. The maximum atomic E-state index is 10.7. The van der Waals surface area contributed by atoms with Crippen LogP contribution < -0.4 is 0 Å². The second-order valence-corrected chi connectivity index (χ2v) is 12.5. The molecule has 0 saturated heterocycles. The van der Waals surface area contributed by atoms with Crippen LogP contribution in [-0.4, -0.2) is 16.3 Å². The summed E-state index contributed by atoms with van der Waals surface area (Å²) in [7, 11) is 0. The summed E-state index contributed by atoms with van der Waals surface area (Å²) in [6.07, 6.45) is 43.1. The molecule has 0 saturated carbocycles. The van der Waals surface area contributed by atoms with Crippen molar-refractivity contribution in [2.45, 2.75) is 211 Å². The zero-order chi connectivity index (χ0) is 27.1. The van der Waals surface area contributed by atoms with Gasteiger partial charge in [-0.2, -0.15) is 12.6 Å². The van der Waals surface area contributed by atoms with E-state index in [1.54, 1.807) is 0 Å². The zero-order valence-corrected chi connectivity index (χ0v) is 26.2. The van der Waals surface area contributed by atoms with Crippen molar-refractivity contribution in [1.29, 1.82) is 0 Å². The highest BCUT2D eigenvalue weighted by atomic mass is 32.1. The number of hydrogen-bond donors (Lipinski definition) is 2. The highest BCUT2D eigenvalue weighted by Gasteiger charge is 2.10. The fourth-order valence-electron chi connectivity index (χ4n) is 5.48. The lowest BCUT2D eigenvalue weighted by atomic mass is 10.0. The van der Waals surface area contributed by atoms with E-state index in [0.29, 0.717) is 6.42 Å². The molecule has 0 fully saturated rings. The van der Waals surface area contributed by atoms with E-state index in [2.05, 4.69) is 19.6 Å². The number of rotatable bonds is 32. The Labute approximate surface area is 239 Å². The SMILES string of the molecule is CCCCCCCCCCCCCCCCCCCCCCCCCCCCCCCCC(S)C(=O)O. The number of unbranched alkanes of at least 4 members (excludes halogenated alkanes) is 29. The van der Waals surface area contributed by atoms with Crippen LogP contribution in [-0.2, 0) is 4.79 Å². The highest BCUT2D eigenvalue weighted by molar-refractivity contribution is 7.81.